The van der Waals surface area contributed by atoms with Gasteiger partial charge in [-0.25, -0.2) is 0 Å². The standard InChI is InChI=1S/C38H36O2/c1-21-9-13-29(17-25(21)5)33-34(30-14-10-22(2)26(6)18-30)38(40)36(32-16-12-24(4)28(8)20-32)35(37(33)39)31-15-11-23(3)27(7)19-31/h9-20H,1-8H3. The molecule has 0 bridgehead atoms. The first-order chi connectivity index (χ1) is 19.0. The quantitative estimate of drug-likeness (QED) is 0.250. The van der Waals surface area contributed by atoms with Crippen LogP contribution in [0.5, 0.6) is 0 Å². The van der Waals surface area contributed by atoms with E-state index in [1.54, 1.807) is 0 Å². The number of benzene rings is 4. The van der Waals surface area contributed by atoms with Crippen molar-refractivity contribution < 1.29 is 9.59 Å². The SMILES string of the molecule is Cc1ccc(C2=C(c3ccc(C)c(C)c3)C(=O)C(c3ccc(C)c(C)c3)=C(c3ccc(C)c(C)c3)C2=O)cc1C. The molecule has 0 unspecified atom stereocenters. The third-order valence-electron chi connectivity index (χ3n) is 8.59. The highest BCUT2D eigenvalue weighted by atomic mass is 16.1. The lowest BCUT2D eigenvalue weighted by atomic mass is 9.74. The number of carbonyl (C=O) groups is 2. The Bertz CT molecular complexity index is 1530. The van der Waals surface area contributed by atoms with Crippen LogP contribution in [0, 0.1) is 55.4 Å². The molecule has 5 rings (SSSR count). The van der Waals surface area contributed by atoms with Gasteiger partial charge in [0.05, 0.1) is 0 Å². The Morgan fingerprint density at radius 1 is 0.300 bits per heavy atom. The topological polar surface area (TPSA) is 34.1 Å². The van der Waals surface area contributed by atoms with Gasteiger partial charge in [-0.1, -0.05) is 72.8 Å². The second-order valence-electron chi connectivity index (χ2n) is 11.4. The van der Waals surface area contributed by atoms with Crippen molar-refractivity contribution in [2.75, 3.05) is 0 Å². The second kappa shape index (κ2) is 10.4. The van der Waals surface area contributed by atoms with Crippen molar-refractivity contribution in [2.24, 2.45) is 0 Å². The van der Waals surface area contributed by atoms with Gasteiger partial charge in [0.1, 0.15) is 0 Å². The maximum atomic E-state index is 14.9. The average molecular weight is 525 g/mol. The first kappa shape index (κ1) is 27.3. The fourth-order valence-corrected chi connectivity index (χ4v) is 5.39. The van der Waals surface area contributed by atoms with Crippen LogP contribution in [0.4, 0.5) is 0 Å². The average Bonchev–Trinajstić information content (AvgIpc) is 2.91. The third-order valence-corrected chi connectivity index (χ3v) is 8.59. The Balaban J connectivity index is 1.90. The van der Waals surface area contributed by atoms with Crippen LogP contribution in [-0.4, -0.2) is 11.6 Å². The number of rotatable bonds is 4. The lowest BCUT2D eigenvalue weighted by Gasteiger charge is -2.26. The largest absolute Gasteiger partial charge is 0.289 e. The maximum absolute atomic E-state index is 14.9. The summed E-state index contributed by atoms with van der Waals surface area (Å²) in [5, 5.41) is 0. The summed E-state index contributed by atoms with van der Waals surface area (Å²) in [4.78, 5) is 29.7. The molecule has 0 saturated heterocycles. The first-order valence-corrected chi connectivity index (χ1v) is 13.9. The van der Waals surface area contributed by atoms with Crippen molar-refractivity contribution in [2.45, 2.75) is 55.4 Å². The van der Waals surface area contributed by atoms with Crippen molar-refractivity contribution in [3.63, 3.8) is 0 Å². The highest BCUT2D eigenvalue weighted by Gasteiger charge is 2.37. The van der Waals surface area contributed by atoms with Gasteiger partial charge in [0.25, 0.3) is 0 Å². The molecule has 0 saturated carbocycles. The molecular formula is C38H36O2. The molecule has 40 heavy (non-hydrogen) atoms. The van der Waals surface area contributed by atoms with Gasteiger partial charge in [0.15, 0.2) is 11.6 Å². The number of ketones is 2. The summed E-state index contributed by atoms with van der Waals surface area (Å²) in [6.07, 6.45) is 0. The number of hydrogen-bond acceptors (Lipinski definition) is 2. The zero-order valence-corrected chi connectivity index (χ0v) is 24.7. The molecule has 200 valence electrons. The normalized spacial score (nSPS) is 13.9. The Morgan fingerprint density at radius 3 is 0.675 bits per heavy atom. The summed E-state index contributed by atoms with van der Waals surface area (Å²) in [5.41, 5.74) is 13.9. The predicted molar refractivity (Wildman–Crippen MR) is 167 cm³/mol. The molecule has 0 amide bonds. The van der Waals surface area contributed by atoms with Gasteiger partial charge < -0.3 is 0 Å². The Morgan fingerprint density at radius 2 is 0.500 bits per heavy atom. The van der Waals surface area contributed by atoms with Gasteiger partial charge >= 0.3 is 0 Å². The molecule has 0 fully saturated rings. The summed E-state index contributed by atoms with van der Waals surface area (Å²) in [7, 11) is 0. The van der Waals surface area contributed by atoms with Crippen molar-refractivity contribution in [3.8, 4) is 0 Å². The monoisotopic (exact) mass is 524 g/mol. The number of Topliss-reactive ketones (excluding diaryl/α,β-unsaturated/α-hetero) is 2. The first-order valence-electron chi connectivity index (χ1n) is 13.9. The van der Waals surface area contributed by atoms with Crippen LogP contribution >= 0.6 is 0 Å². The van der Waals surface area contributed by atoms with Crippen LogP contribution in [-0.2, 0) is 9.59 Å². The number of allylic oxidation sites excluding steroid dienone is 4. The van der Waals surface area contributed by atoms with Crippen molar-refractivity contribution in [1.82, 2.24) is 0 Å². The van der Waals surface area contributed by atoms with Crippen LogP contribution in [0.3, 0.4) is 0 Å². The number of aryl methyl sites for hydroxylation is 8. The van der Waals surface area contributed by atoms with E-state index in [0.29, 0.717) is 22.3 Å². The van der Waals surface area contributed by atoms with Crippen molar-refractivity contribution in [3.05, 3.63) is 140 Å². The van der Waals surface area contributed by atoms with E-state index in [4.69, 9.17) is 0 Å². The molecule has 0 atom stereocenters. The summed E-state index contributed by atoms with van der Waals surface area (Å²) in [6, 6.07) is 24.2. The summed E-state index contributed by atoms with van der Waals surface area (Å²) < 4.78 is 0. The van der Waals surface area contributed by atoms with Crippen LogP contribution in [0.25, 0.3) is 22.3 Å². The van der Waals surface area contributed by atoms with Crippen LogP contribution in [0.2, 0.25) is 0 Å². The molecule has 1 aliphatic carbocycles. The molecule has 1 aliphatic rings. The fraction of sp³-hybridized carbons (Fsp3) is 0.211. The molecule has 2 heteroatoms. The molecule has 0 spiro atoms. The summed E-state index contributed by atoms with van der Waals surface area (Å²) in [6.45, 7) is 16.4. The highest BCUT2D eigenvalue weighted by molar-refractivity contribution is 6.66. The van der Waals surface area contributed by atoms with Crippen molar-refractivity contribution >= 4 is 33.9 Å². The van der Waals surface area contributed by atoms with E-state index in [-0.39, 0.29) is 11.6 Å². The van der Waals surface area contributed by atoms with Gasteiger partial charge in [-0.15, -0.1) is 0 Å². The van der Waals surface area contributed by atoms with Crippen LogP contribution in [0.1, 0.15) is 66.8 Å². The lowest BCUT2D eigenvalue weighted by molar-refractivity contribution is -0.111. The number of carbonyl (C=O) groups excluding carboxylic acids is 2. The van der Waals surface area contributed by atoms with Crippen molar-refractivity contribution in [1.29, 1.82) is 0 Å². The highest BCUT2D eigenvalue weighted by Crippen LogP contribution is 2.44. The predicted octanol–water partition coefficient (Wildman–Crippen LogP) is 8.83. The molecular weight excluding hydrogens is 488 g/mol. The maximum Gasteiger partial charge on any atom is 0.195 e. The summed E-state index contributed by atoms with van der Waals surface area (Å²) in [5.74, 6) is -0.236. The Labute approximate surface area is 238 Å². The second-order valence-corrected chi connectivity index (χ2v) is 11.4. The van der Waals surface area contributed by atoms with Gasteiger partial charge in [-0.2, -0.15) is 0 Å². The molecule has 0 aliphatic heterocycles. The van der Waals surface area contributed by atoms with E-state index < -0.39 is 0 Å². The minimum Gasteiger partial charge on any atom is -0.289 e. The van der Waals surface area contributed by atoms with E-state index in [0.717, 1.165) is 66.8 Å². The molecule has 0 N–H and O–H groups in total. The summed E-state index contributed by atoms with van der Waals surface area (Å²) >= 11 is 0. The fourth-order valence-electron chi connectivity index (χ4n) is 5.39. The van der Waals surface area contributed by atoms with E-state index in [2.05, 4.69) is 27.7 Å². The van der Waals surface area contributed by atoms with E-state index >= 15 is 0 Å². The zero-order valence-electron chi connectivity index (χ0n) is 24.7. The lowest BCUT2D eigenvalue weighted by Crippen LogP contribution is -2.22. The van der Waals surface area contributed by atoms with E-state index in [1.165, 1.54) is 0 Å². The molecule has 0 heterocycles. The van der Waals surface area contributed by atoms with E-state index in [1.807, 2.05) is 100 Å². The molecule has 4 aromatic rings. The van der Waals surface area contributed by atoms with Gasteiger partial charge in [0, 0.05) is 22.3 Å². The molecule has 0 aromatic heterocycles. The Kier molecular flexibility index (Phi) is 7.06. The van der Waals surface area contributed by atoms with Gasteiger partial charge in [0.2, 0.25) is 0 Å². The van der Waals surface area contributed by atoms with Crippen LogP contribution < -0.4 is 0 Å². The minimum atomic E-state index is -0.118. The molecule has 4 aromatic carbocycles. The number of hydrogen-bond donors (Lipinski definition) is 0. The van der Waals surface area contributed by atoms with E-state index in [9.17, 15) is 9.59 Å². The zero-order chi connectivity index (χ0) is 28.9. The van der Waals surface area contributed by atoms with Crippen LogP contribution in [0.15, 0.2) is 72.8 Å². The Hall–Kier alpha value is -4.30. The van der Waals surface area contributed by atoms with Gasteiger partial charge in [-0.3, -0.25) is 9.59 Å². The third kappa shape index (κ3) is 4.69. The van der Waals surface area contributed by atoms with Gasteiger partial charge in [-0.05, 0) is 122 Å². The molecule has 0 radical (unpaired) electrons. The minimum absolute atomic E-state index is 0.118. The smallest absolute Gasteiger partial charge is 0.195 e. The molecule has 2 nitrogen and oxygen atoms in total.